The minimum absolute atomic E-state index is 0.0450. The van der Waals surface area contributed by atoms with Crippen LogP contribution in [0.1, 0.15) is 57.7 Å². The normalized spacial score (nSPS) is 18.7. The molecule has 0 aliphatic carbocycles. The molecular weight excluding hydrogens is 382 g/mol. The standard InChI is InChI=1S/C22H27N5OS/c1-6-26(7-2)21(28)18-14(5)25-22-27(20(24)17(12-23)29-22)19(18)16-10-8-15(9-11-16)13(3)4/h8-11,13,19H,6-7,24H2,1-5H3/t19-/m1/s1. The van der Waals surface area contributed by atoms with Crippen molar-refractivity contribution < 1.29 is 4.79 Å². The van der Waals surface area contributed by atoms with Crippen LogP contribution in [0, 0.1) is 11.3 Å². The summed E-state index contributed by atoms with van der Waals surface area (Å²) in [6, 6.07) is 10.0. The zero-order valence-corrected chi connectivity index (χ0v) is 18.4. The smallest absolute Gasteiger partial charge is 0.254 e. The van der Waals surface area contributed by atoms with E-state index >= 15 is 0 Å². The van der Waals surface area contributed by atoms with Gasteiger partial charge in [0, 0.05) is 13.1 Å². The minimum atomic E-state index is -0.407. The number of likely N-dealkylation sites (N-methyl/N-ethyl adjacent to an activating group) is 1. The Morgan fingerprint density at radius 1 is 1.31 bits per heavy atom. The Morgan fingerprint density at radius 2 is 1.93 bits per heavy atom. The summed E-state index contributed by atoms with van der Waals surface area (Å²) in [5, 5.41) is 10.1. The van der Waals surface area contributed by atoms with E-state index in [0.29, 0.717) is 46.2 Å². The third kappa shape index (κ3) is 3.65. The van der Waals surface area contributed by atoms with E-state index in [1.807, 2.05) is 37.8 Å². The zero-order chi connectivity index (χ0) is 21.3. The Balaban J connectivity index is 2.17. The quantitative estimate of drug-likeness (QED) is 0.792. The van der Waals surface area contributed by atoms with Gasteiger partial charge in [-0.15, -0.1) is 0 Å². The maximum atomic E-state index is 13.4. The minimum Gasteiger partial charge on any atom is -0.383 e. The van der Waals surface area contributed by atoms with E-state index in [0.717, 1.165) is 5.56 Å². The monoisotopic (exact) mass is 409 g/mol. The molecule has 0 spiro atoms. The van der Waals surface area contributed by atoms with E-state index in [1.165, 1.54) is 17.3 Å². The van der Waals surface area contributed by atoms with Gasteiger partial charge in [-0.3, -0.25) is 9.69 Å². The molecule has 152 valence electrons. The summed E-state index contributed by atoms with van der Waals surface area (Å²) in [4.78, 5) is 22.1. The number of benzene rings is 1. The molecule has 1 atom stereocenters. The van der Waals surface area contributed by atoms with Gasteiger partial charge >= 0.3 is 0 Å². The van der Waals surface area contributed by atoms with Crippen molar-refractivity contribution in [3.8, 4) is 6.07 Å². The Bertz CT molecular complexity index is 948. The van der Waals surface area contributed by atoms with Crippen LogP contribution in [0.3, 0.4) is 0 Å². The van der Waals surface area contributed by atoms with Crippen molar-refractivity contribution in [2.45, 2.75) is 46.6 Å². The first-order valence-corrected chi connectivity index (χ1v) is 10.7. The summed E-state index contributed by atoms with van der Waals surface area (Å²) < 4.78 is 0. The molecule has 1 amide bonds. The van der Waals surface area contributed by atoms with Crippen LogP contribution in [0.25, 0.3) is 0 Å². The van der Waals surface area contributed by atoms with Gasteiger partial charge in [0.05, 0.1) is 17.3 Å². The molecule has 3 rings (SSSR count). The number of nitrogens with zero attached hydrogens (tertiary/aromatic N) is 4. The summed E-state index contributed by atoms with van der Waals surface area (Å²) in [5.41, 5.74) is 9.80. The molecule has 0 saturated heterocycles. The highest BCUT2D eigenvalue weighted by Gasteiger charge is 2.42. The van der Waals surface area contributed by atoms with Crippen molar-refractivity contribution in [2.24, 2.45) is 10.7 Å². The zero-order valence-electron chi connectivity index (χ0n) is 17.6. The van der Waals surface area contributed by atoms with Crippen molar-refractivity contribution in [3.63, 3.8) is 0 Å². The summed E-state index contributed by atoms with van der Waals surface area (Å²) in [7, 11) is 0. The van der Waals surface area contributed by atoms with Crippen molar-refractivity contribution in [1.29, 1.82) is 5.26 Å². The second-order valence-electron chi connectivity index (χ2n) is 7.39. The Kier molecular flexibility index (Phi) is 6.04. The highest BCUT2D eigenvalue weighted by molar-refractivity contribution is 8.17. The van der Waals surface area contributed by atoms with E-state index < -0.39 is 6.04 Å². The lowest BCUT2D eigenvalue weighted by Gasteiger charge is -2.37. The lowest BCUT2D eigenvalue weighted by molar-refractivity contribution is -0.127. The number of amides is 1. The number of nitriles is 1. The first-order chi connectivity index (χ1) is 13.8. The molecule has 0 radical (unpaired) electrons. The maximum Gasteiger partial charge on any atom is 0.254 e. The predicted molar refractivity (Wildman–Crippen MR) is 118 cm³/mol. The average Bonchev–Trinajstić information content (AvgIpc) is 3.03. The van der Waals surface area contributed by atoms with Gasteiger partial charge in [0.1, 0.15) is 16.8 Å². The molecule has 1 aromatic carbocycles. The largest absolute Gasteiger partial charge is 0.383 e. The van der Waals surface area contributed by atoms with E-state index in [1.54, 1.807) is 4.90 Å². The van der Waals surface area contributed by atoms with Gasteiger partial charge in [0.15, 0.2) is 5.17 Å². The molecule has 0 fully saturated rings. The van der Waals surface area contributed by atoms with Crippen molar-refractivity contribution >= 4 is 22.8 Å². The van der Waals surface area contributed by atoms with Gasteiger partial charge in [-0.1, -0.05) is 38.1 Å². The van der Waals surface area contributed by atoms with Crippen molar-refractivity contribution in [2.75, 3.05) is 13.1 Å². The van der Waals surface area contributed by atoms with Gasteiger partial charge in [-0.25, -0.2) is 4.99 Å². The molecular formula is C22H27N5OS. The van der Waals surface area contributed by atoms with E-state index in [-0.39, 0.29) is 5.91 Å². The fourth-order valence-corrected chi connectivity index (χ4v) is 4.59. The van der Waals surface area contributed by atoms with Crippen LogP contribution < -0.4 is 5.73 Å². The number of carbonyl (C=O) groups excluding carboxylic acids is 1. The summed E-state index contributed by atoms with van der Waals surface area (Å²) in [5.74, 6) is 0.724. The second kappa shape index (κ2) is 8.34. The number of nitrogens with two attached hydrogens (primary N) is 1. The lowest BCUT2D eigenvalue weighted by atomic mass is 9.91. The summed E-state index contributed by atoms with van der Waals surface area (Å²) >= 11 is 1.26. The number of amidine groups is 1. The second-order valence-corrected chi connectivity index (χ2v) is 8.37. The number of aliphatic imine (C=N–C) groups is 1. The maximum absolute atomic E-state index is 13.4. The third-order valence-corrected chi connectivity index (χ3v) is 6.35. The first-order valence-electron chi connectivity index (χ1n) is 9.89. The molecule has 0 aromatic heterocycles. The molecule has 6 nitrogen and oxygen atoms in total. The lowest BCUT2D eigenvalue weighted by Crippen LogP contribution is -2.42. The molecule has 2 N–H and O–H groups in total. The van der Waals surface area contributed by atoms with Crippen LogP contribution in [-0.2, 0) is 4.79 Å². The van der Waals surface area contributed by atoms with Crippen LogP contribution in [0.5, 0.6) is 0 Å². The number of carbonyl (C=O) groups is 1. The van der Waals surface area contributed by atoms with Crippen LogP contribution in [0.4, 0.5) is 0 Å². The molecule has 2 heterocycles. The van der Waals surface area contributed by atoms with Crippen molar-refractivity contribution in [1.82, 2.24) is 9.80 Å². The summed E-state index contributed by atoms with van der Waals surface area (Å²) in [6.07, 6.45) is 0. The number of hydrogen-bond acceptors (Lipinski definition) is 6. The van der Waals surface area contributed by atoms with Crippen LogP contribution in [-0.4, -0.2) is 34.0 Å². The van der Waals surface area contributed by atoms with Gasteiger partial charge < -0.3 is 10.6 Å². The number of thioether (sulfide) groups is 1. The molecule has 1 aromatic rings. The number of allylic oxidation sites excluding steroid dienone is 2. The SMILES string of the molecule is CCN(CC)C(=O)C1=C(C)N=C2SC(C#N)=C(N)N2[C@@H]1c1ccc(C(C)C)cc1. The molecule has 2 aliphatic heterocycles. The Hall–Kier alpha value is -2.72. The highest BCUT2D eigenvalue weighted by atomic mass is 32.2. The van der Waals surface area contributed by atoms with Gasteiger partial charge in [0.2, 0.25) is 0 Å². The Morgan fingerprint density at radius 3 is 2.45 bits per heavy atom. The third-order valence-electron chi connectivity index (χ3n) is 5.38. The van der Waals surface area contributed by atoms with E-state index in [9.17, 15) is 10.1 Å². The average molecular weight is 410 g/mol. The number of fused-ring (bicyclic) bond motifs is 1. The van der Waals surface area contributed by atoms with Crippen LogP contribution in [0.2, 0.25) is 0 Å². The number of hydrogen-bond donors (Lipinski definition) is 1. The predicted octanol–water partition coefficient (Wildman–Crippen LogP) is 4.06. The first kappa shape index (κ1) is 21.0. The Labute approximate surface area is 176 Å². The molecule has 7 heteroatoms. The van der Waals surface area contributed by atoms with E-state index in [2.05, 4.69) is 37.0 Å². The van der Waals surface area contributed by atoms with Crippen molar-refractivity contribution in [3.05, 3.63) is 57.4 Å². The number of rotatable bonds is 5. The van der Waals surface area contributed by atoms with Crippen LogP contribution in [0.15, 0.2) is 51.3 Å². The van der Waals surface area contributed by atoms with Crippen LogP contribution >= 0.6 is 11.8 Å². The fraction of sp³-hybridized carbons (Fsp3) is 0.409. The highest BCUT2D eigenvalue weighted by Crippen LogP contribution is 2.45. The van der Waals surface area contributed by atoms with E-state index in [4.69, 9.17) is 5.73 Å². The molecule has 29 heavy (non-hydrogen) atoms. The molecule has 0 saturated carbocycles. The fourth-order valence-electron chi connectivity index (χ4n) is 3.67. The molecule has 0 unspecified atom stereocenters. The summed E-state index contributed by atoms with van der Waals surface area (Å²) in [6.45, 7) is 11.3. The van der Waals surface area contributed by atoms with Gasteiger partial charge in [-0.2, -0.15) is 5.26 Å². The van der Waals surface area contributed by atoms with Gasteiger partial charge in [-0.05, 0) is 49.6 Å². The molecule has 0 bridgehead atoms. The topological polar surface area (TPSA) is 85.7 Å². The molecule has 2 aliphatic rings. The van der Waals surface area contributed by atoms with Gasteiger partial charge in [0.25, 0.3) is 5.91 Å².